The molecule has 0 saturated carbocycles. The minimum atomic E-state index is 0.186. The molecule has 1 fully saturated rings. The standard InChI is InChI=1S/C10H16O2/c1-3-4-5-8(2)10(11)6-9-7-12-9/h9H,2-7H2,1H3. The molecule has 68 valence electrons. The first-order valence-electron chi connectivity index (χ1n) is 4.56. The number of carbonyl (C=O) groups is 1. The van der Waals surface area contributed by atoms with Gasteiger partial charge in [-0.25, -0.2) is 0 Å². The van der Waals surface area contributed by atoms with E-state index in [1.807, 2.05) is 0 Å². The summed E-state index contributed by atoms with van der Waals surface area (Å²) in [6.07, 6.45) is 3.78. The van der Waals surface area contributed by atoms with E-state index in [0.717, 1.165) is 31.4 Å². The summed E-state index contributed by atoms with van der Waals surface area (Å²) in [7, 11) is 0. The molecule has 1 rings (SSSR count). The molecule has 0 radical (unpaired) electrons. The second-order valence-corrected chi connectivity index (χ2v) is 3.29. The van der Waals surface area contributed by atoms with Crippen LogP contribution in [0.4, 0.5) is 0 Å². The van der Waals surface area contributed by atoms with Crippen molar-refractivity contribution in [3.8, 4) is 0 Å². The van der Waals surface area contributed by atoms with Gasteiger partial charge in [-0.1, -0.05) is 19.9 Å². The summed E-state index contributed by atoms with van der Waals surface area (Å²) in [6.45, 7) is 6.64. The van der Waals surface area contributed by atoms with E-state index >= 15 is 0 Å². The first-order valence-corrected chi connectivity index (χ1v) is 4.56. The van der Waals surface area contributed by atoms with E-state index < -0.39 is 0 Å². The Hall–Kier alpha value is -0.630. The molecule has 0 spiro atoms. The van der Waals surface area contributed by atoms with Crippen molar-refractivity contribution < 1.29 is 9.53 Å². The zero-order valence-electron chi connectivity index (χ0n) is 7.64. The third kappa shape index (κ3) is 3.18. The molecule has 12 heavy (non-hydrogen) atoms. The van der Waals surface area contributed by atoms with Gasteiger partial charge >= 0.3 is 0 Å². The molecule has 1 heterocycles. The summed E-state index contributed by atoms with van der Waals surface area (Å²) in [5.74, 6) is 0.186. The maximum absolute atomic E-state index is 11.3. The maximum atomic E-state index is 11.3. The molecular weight excluding hydrogens is 152 g/mol. The summed E-state index contributed by atoms with van der Waals surface area (Å²) in [6, 6.07) is 0. The average Bonchev–Trinajstić information content (AvgIpc) is 2.83. The smallest absolute Gasteiger partial charge is 0.160 e. The largest absolute Gasteiger partial charge is 0.373 e. The Morgan fingerprint density at radius 1 is 1.67 bits per heavy atom. The van der Waals surface area contributed by atoms with E-state index in [4.69, 9.17) is 4.74 Å². The Labute approximate surface area is 73.6 Å². The molecule has 1 atom stereocenters. The topological polar surface area (TPSA) is 29.6 Å². The molecule has 0 bridgehead atoms. The molecule has 1 aliphatic heterocycles. The first kappa shape index (κ1) is 9.46. The summed E-state index contributed by atoms with van der Waals surface area (Å²) in [5, 5.41) is 0. The Balaban J connectivity index is 2.15. The maximum Gasteiger partial charge on any atom is 0.160 e. The molecule has 1 saturated heterocycles. The third-order valence-corrected chi connectivity index (χ3v) is 2.04. The monoisotopic (exact) mass is 168 g/mol. The Morgan fingerprint density at radius 3 is 2.83 bits per heavy atom. The summed E-state index contributed by atoms with van der Waals surface area (Å²) < 4.78 is 4.97. The highest BCUT2D eigenvalue weighted by atomic mass is 16.6. The summed E-state index contributed by atoms with van der Waals surface area (Å²) >= 11 is 0. The van der Waals surface area contributed by atoms with Gasteiger partial charge in [0.1, 0.15) is 0 Å². The number of allylic oxidation sites excluding steroid dienone is 1. The molecular formula is C10H16O2. The van der Waals surface area contributed by atoms with Gasteiger partial charge < -0.3 is 4.74 Å². The summed E-state index contributed by atoms with van der Waals surface area (Å²) in [5.41, 5.74) is 0.771. The predicted molar refractivity (Wildman–Crippen MR) is 48.0 cm³/mol. The molecule has 0 aliphatic carbocycles. The van der Waals surface area contributed by atoms with Crippen molar-refractivity contribution in [1.82, 2.24) is 0 Å². The fourth-order valence-corrected chi connectivity index (χ4v) is 1.07. The normalized spacial score (nSPS) is 20.6. The van der Waals surface area contributed by atoms with E-state index in [1.54, 1.807) is 0 Å². The lowest BCUT2D eigenvalue weighted by atomic mass is 10.0. The molecule has 0 amide bonds. The van der Waals surface area contributed by atoms with E-state index in [0.29, 0.717) is 6.42 Å². The number of epoxide rings is 1. The van der Waals surface area contributed by atoms with Gasteiger partial charge in [-0.05, 0) is 18.4 Å². The van der Waals surface area contributed by atoms with Gasteiger partial charge in [-0.2, -0.15) is 0 Å². The molecule has 0 aromatic heterocycles. The minimum Gasteiger partial charge on any atom is -0.373 e. The van der Waals surface area contributed by atoms with Gasteiger partial charge in [0, 0.05) is 6.42 Å². The van der Waals surface area contributed by atoms with E-state index in [-0.39, 0.29) is 11.9 Å². The van der Waals surface area contributed by atoms with Crippen molar-refractivity contribution in [2.45, 2.75) is 38.7 Å². The van der Waals surface area contributed by atoms with Crippen LogP contribution in [0.25, 0.3) is 0 Å². The molecule has 1 aliphatic rings. The third-order valence-electron chi connectivity index (χ3n) is 2.04. The first-order chi connectivity index (χ1) is 5.74. The average molecular weight is 168 g/mol. The molecule has 0 aromatic rings. The molecule has 2 nitrogen and oxygen atoms in total. The van der Waals surface area contributed by atoms with Crippen LogP contribution in [0.5, 0.6) is 0 Å². The van der Waals surface area contributed by atoms with Gasteiger partial charge in [0.15, 0.2) is 5.78 Å². The van der Waals surface area contributed by atoms with Gasteiger partial charge in [0.25, 0.3) is 0 Å². The van der Waals surface area contributed by atoms with E-state index in [9.17, 15) is 4.79 Å². The highest BCUT2D eigenvalue weighted by molar-refractivity contribution is 5.95. The SMILES string of the molecule is C=C(CCCC)C(=O)CC1CO1. The number of unbranched alkanes of at least 4 members (excludes halogenated alkanes) is 1. The Morgan fingerprint density at radius 2 is 2.33 bits per heavy atom. The fourth-order valence-electron chi connectivity index (χ4n) is 1.07. The predicted octanol–water partition coefficient (Wildman–Crippen LogP) is 2.09. The van der Waals surface area contributed by atoms with Crippen LogP contribution >= 0.6 is 0 Å². The second kappa shape index (κ2) is 4.41. The van der Waals surface area contributed by atoms with Crippen molar-refractivity contribution >= 4 is 5.78 Å². The van der Waals surface area contributed by atoms with Crippen LogP contribution in [-0.2, 0) is 9.53 Å². The Bertz CT molecular complexity index is 180. The van der Waals surface area contributed by atoms with E-state index in [1.165, 1.54) is 0 Å². The van der Waals surface area contributed by atoms with Gasteiger partial charge in [-0.15, -0.1) is 0 Å². The lowest BCUT2D eigenvalue weighted by Gasteiger charge is -2.01. The van der Waals surface area contributed by atoms with Crippen molar-refractivity contribution in [3.05, 3.63) is 12.2 Å². The van der Waals surface area contributed by atoms with Crippen LogP contribution in [-0.4, -0.2) is 18.5 Å². The van der Waals surface area contributed by atoms with Gasteiger partial charge in [-0.3, -0.25) is 4.79 Å². The number of carbonyl (C=O) groups excluding carboxylic acids is 1. The van der Waals surface area contributed by atoms with Crippen LogP contribution in [0.1, 0.15) is 32.6 Å². The molecule has 0 aromatic carbocycles. The van der Waals surface area contributed by atoms with Crippen molar-refractivity contribution in [1.29, 1.82) is 0 Å². The van der Waals surface area contributed by atoms with Gasteiger partial charge in [0.2, 0.25) is 0 Å². The Kier molecular flexibility index (Phi) is 3.48. The van der Waals surface area contributed by atoms with Crippen molar-refractivity contribution in [3.63, 3.8) is 0 Å². The van der Waals surface area contributed by atoms with Crippen LogP contribution in [0.2, 0.25) is 0 Å². The van der Waals surface area contributed by atoms with Crippen LogP contribution < -0.4 is 0 Å². The van der Waals surface area contributed by atoms with Gasteiger partial charge in [0.05, 0.1) is 12.7 Å². The number of ether oxygens (including phenoxy) is 1. The fraction of sp³-hybridized carbons (Fsp3) is 0.700. The van der Waals surface area contributed by atoms with Crippen molar-refractivity contribution in [2.75, 3.05) is 6.61 Å². The molecule has 2 heteroatoms. The summed E-state index contributed by atoms with van der Waals surface area (Å²) in [4.78, 5) is 11.3. The zero-order chi connectivity index (χ0) is 8.97. The molecule has 0 N–H and O–H groups in total. The zero-order valence-corrected chi connectivity index (χ0v) is 7.64. The number of rotatable bonds is 6. The number of hydrogen-bond acceptors (Lipinski definition) is 2. The lowest BCUT2D eigenvalue weighted by molar-refractivity contribution is -0.116. The quantitative estimate of drug-likeness (QED) is 0.449. The van der Waals surface area contributed by atoms with E-state index in [2.05, 4.69) is 13.5 Å². The highest BCUT2D eigenvalue weighted by Crippen LogP contribution is 2.17. The minimum absolute atomic E-state index is 0.186. The van der Waals surface area contributed by atoms with Crippen LogP contribution in [0.3, 0.4) is 0 Å². The van der Waals surface area contributed by atoms with Crippen LogP contribution in [0, 0.1) is 0 Å². The van der Waals surface area contributed by atoms with Crippen LogP contribution in [0.15, 0.2) is 12.2 Å². The van der Waals surface area contributed by atoms with Crippen molar-refractivity contribution in [2.24, 2.45) is 0 Å². The second-order valence-electron chi connectivity index (χ2n) is 3.29. The highest BCUT2D eigenvalue weighted by Gasteiger charge is 2.26. The number of Topliss-reactive ketones (excluding diaryl/α,β-unsaturated/α-hetero) is 1. The molecule has 1 unspecified atom stereocenters. The number of ketones is 1. The number of hydrogen-bond donors (Lipinski definition) is 0. The lowest BCUT2D eigenvalue weighted by Crippen LogP contribution is -2.05.